The molecule has 3 atom stereocenters. The molecule has 0 spiro atoms. The van der Waals surface area contributed by atoms with E-state index in [1.807, 2.05) is 43.3 Å². The molecule has 0 amide bonds. The molecule has 5 heteroatoms. The minimum absolute atomic E-state index is 0.0655. The van der Waals surface area contributed by atoms with Gasteiger partial charge in [-0.05, 0) is 49.9 Å². The van der Waals surface area contributed by atoms with Crippen LogP contribution in [0.2, 0.25) is 0 Å². The number of thioether (sulfide) groups is 1. The van der Waals surface area contributed by atoms with Crippen LogP contribution in [-0.2, 0) is 10.0 Å². The monoisotopic (exact) mass is 401 g/mol. The highest BCUT2D eigenvalue weighted by molar-refractivity contribution is 8.00. The quantitative estimate of drug-likeness (QED) is 0.514. The van der Waals surface area contributed by atoms with Crippen LogP contribution >= 0.6 is 11.8 Å². The van der Waals surface area contributed by atoms with Crippen molar-refractivity contribution in [2.45, 2.75) is 53.7 Å². The molecule has 0 saturated heterocycles. The summed E-state index contributed by atoms with van der Waals surface area (Å²) in [5, 5.41) is 0.179. The first-order valence-electron chi connectivity index (χ1n) is 9.43. The van der Waals surface area contributed by atoms with E-state index >= 15 is 0 Å². The van der Waals surface area contributed by atoms with Crippen molar-refractivity contribution in [3.05, 3.63) is 72.8 Å². The summed E-state index contributed by atoms with van der Waals surface area (Å²) in [5.74, 6) is 0.238. The van der Waals surface area contributed by atoms with Crippen molar-refractivity contribution in [1.82, 2.24) is 4.72 Å². The lowest BCUT2D eigenvalue weighted by atomic mass is 9.83. The first kappa shape index (κ1) is 20.2. The fourth-order valence-corrected chi connectivity index (χ4v) is 6.20. The van der Waals surface area contributed by atoms with Crippen molar-refractivity contribution in [3.8, 4) is 0 Å². The fourth-order valence-electron chi connectivity index (χ4n) is 3.65. The standard InChI is InChI=1S/C22H27NO2S2/c1-3-22(26-18-9-5-4-6-10-18)20-11-7-8-12-21(20)23-27(24,25)19-15-13-17(2)14-16-19/h3-6,9-10,13-16,20-23H,1,7-8,11-12H2,2H3/t20-,21-,22?/m1/s1. The van der Waals surface area contributed by atoms with E-state index in [0.717, 1.165) is 31.2 Å². The Morgan fingerprint density at radius 1 is 1.07 bits per heavy atom. The predicted octanol–water partition coefficient (Wildman–Crippen LogP) is 5.18. The molecule has 144 valence electrons. The summed E-state index contributed by atoms with van der Waals surface area (Å²) in [5.41, 5.74) is 1.05. The molecule has 27 heavy (non-hydrogen) atoms. The lowest BCUT2D eigenvalue weighted by molar-refractivity contribution is 0.297. The largest absolute Gasteiger partial charge is 0.240 e. The van der Waals surface area contributed by atoms with Crippen LogP contribution in [0, 0.1) is 12.8 Å². The molecule has 3 nitrogen and oxygen atoms in total. The van der Waals surface area contributed by atoms with E-state index in [-0.39, 0.29) is 17.2 Å². The van der Waals surface area contributed by atoms with E-state index in [4.69, 9.17) is 0 Å². The molecular formula is C22H27NO2S2. The van der Waals surface area contributed by atoms with E-state index < -0.39 is 10.0 Å². The third kappa shape index (κ3) is 5.24. The third-order valence-electron chi connectivity index (χ3n) is 5.13. The molecule has 1 unspecified atom stereocenters. The van der Waals surface area contributed by atoms with Crippen LogP contribution in [0.1, 0.15) is 31.2 Å². The lowest BCUT2D eigenvalue weighted by Gasteiger charge is -2.36. The minimum atomic E-state index is -3.52. The Balaban J connectivity index is 1.77. The van der Waals surface area contributed by atoms with Crippen molar-refractivity contribution in [2.75, 3.05) is 0 Å². The minimum Gasteiger partial charge on any atom is -0.208 e. The molecule has 0 aromatic heterocycles. The van der Waals surface area contributed by atoms with Gasteiger partial charge < -0.3 is 0 Å². The topological polar surface area (TPSA) is 46.2 Å². The zero-order valence-corrected chi connectivity index (χ0v) is 17.3. The van der Waals surface area contributed by atoms with Crippen LogP contribution in [0.5, 0.6) is 0 Å². The van der Waals surface area contributed by atoms with E-state index in [9.17, 15) is 8.42 Å². The van der Waals surface area contributed by atoms with Gasteiger partial charge in [-0.2, -0.15) is 0 Å². The van der Waals surface area contributed by atoms with E-state index in [2.05, 4.69) is 23.4 Å². The van der Waals surface area contributed by atoms with Crippen molar-refractivity contribution in [1.29, 1.82) is 0 Å². The van der Waals surface area contributed by atoms with Gasteiger partial charge in [-0.15, -0.1) is 18.3 Å². The Morgan fingerprint density at radius 3 is 2.41 bits per heavy atom. The molecule has 1 aliphatic rings. The normalized spacial score (nSPS) is 21.5. The van der Waals surface area contributed by atoms with Gasteiger partial charge >= 0.3 is 0 Å². The Morgan fingerprint density at radius 2 is 1.74 bits per heavy atom. The Labute approximate surface area is 167 Å². The third-order valence-corrected chi connectivity index (χ3v) is 7.99. The fraction of sp³-hybridized carbons (Fsp3) is 0.364. The Hall–Kier alpha value is -1.56. The van der Waals surface area contributed by atoms with Crippen LogP contribution in [0.3, 0.4) is 0 Å². The average molecular weight is 402 g/mol. The summed E-state index contributed by atoms with van der Waals surface area (Å²) in [4.78, 5) is 1.52. The maximum atomic E-state index is 12.9. The maximum absolute atomic E-state index is 12.9. The van der Waals surface area contributed by atoms with Crippen molar-refractivity contribution >= 4 is 21.8 Å². The number of nitrogens with one attached hydrogen (secondary N) is 1. The second-order valence-corrected chi connectivity index (χ2v) is 10.1. The van der Waals surface area contributed by atoms with Crippen molar-refractivity contribution in [3.63, 3.8) is 0 Å². The van der Waals surface area contributed by atoms with E-state index in [0.29, 0.717) is 4.90 Å². The first-order chi connectivity index (χ1) is 13.0. The van der Waals surface area contributed by atoms with E-state index in [1.54, 1.807) is 23.9 Å². The summed E-state index contributed by atoms with van der Waals surface area (Å²) < 4.78 is 28.8. The van der Waals surface area contributed by atoms with Crippen LogP contribution in [0.25, 0.3) is 0 Å². The van der Waals surface area contributed by atoms with Crippen molar-refractivity contribution < 1.29 is 8.42 Å². The highest BCUT2D eigenvalue weighted by Gasteiger charge is 2.34. The zero-order chi connectivity index (χ0) is 19.3. The first-order valence-corrected chi connectivity index (χ1v) is 11.8. The smallest absolute Gasteiger partial charge is 0.208 e. The molecule has 1 fully saturated rings. The van der Waals surface area contributed by atoms with Crippen LogP contribution < -0.4 is 4.72 Å². The van der Waals surface area contributed by atoms with E-state index in [1.165, 1.54) is 4.90 Å². The second kappa shape index (κ2) is 9.09. The summed E-state index contributed by atoms with van der Waals surface area (Å²) in [7, 11) is -3.52. The van der Waals surface area contributed by atoms with Gasteiger partial charge in [0.25, 0.3) is 0 Å². The number of hydrogen-bond acceptors (Lipinski definition) is 3. The summed E-state index contributed by atoms with van der Waals surface area (Å²) >= 11 is 1.77. The van der Waals surface area contributed by atoms with Gasteiger partial charge in [-0.3, -0.25) is 0 Å². The van der Waals surface area contributed by atoms with Gasteiger partial charge in [-0.25, -0.2) is 13.1 Å². The maximum Gasteiger partial charge on any atom is 0.240 e. The van der Waals surface area contributed by atoms with Gasteiger partial charge in [0.15, 0.2) is 0 Å². The number of aryl methyl sites for hydroxylation is 1. The molecule has 0 heterocycles. The lowest BCUT2D eigenvalue weighted by Crippen LogP contribution is -2.45. The molecule has 2 aromatic rings. The Bertz CT molecular complexity index is 848. The highest BCUT2D eigenvalue weighted by atomic mass is 32.2. The number of benzene rings is 2. The molecule has 0 radical (unpaired) electrons. The zero-order valence-electron chi connectivity index (χ0n) is 15.7. The molecule has 0 bridgehead atoms. The van der Waals surface area contributed by atoms with Gasteiger partial charge in [0.2, 0.25) is 10.0 Å². The molecular weight excluding hydrogens is 374 g/mol. The SMILES string of the molecule is C=CC(Sc1ccccc1)[C@@H]1CCCC[C@H]1NS(=O)(=O)c1ccc(C)cc1. The Kier molecular flexibility index (Phi) is 6.79. The van der Waals surface area contributed by atoms with Gasteiger partial charge in [-0.1, -0.05) is 54.8 Å². The molecule has 3 rings (SSSR count). The molecule has 1 N–H and O–H groups in total. The van der Waals surface area contributed by atoms with Crippen LogP contribution in [-0.4, -0.2) is 19.7 Å². The molecule has 0 aliphatic heterocycles. The van der Waals surface area contributed by atoms with Gasteiger partial charge in [0, 0.05) is 16.2 Å². The van der Waals surface area contributed by atoms with Crippen molar-refractivity contribution in [2.24, 2.45) is 5.92 Å². The average Bonchev–Trinajstić information content (AvgIpc) is 2.67. The summed E-state index contributed by atoms with van der Waals surface area (Å²) in [6, 6.07) is 17.2. The molecule has 1 aliphatic carbocycles. The predicted molar refractivity (Wildman–Crippen MR) is 114 cm³/mol. The van der Waals surface area contributed by atoms with Gasteiger partial charge in [0.05, 0.1) is 4.90 Å². The summed E-state index contributed by atoms with van der Waals surface area (Å²) in [6.07, 6.45) is 6.04. The van der Waals surface area contributed by atoms with Gasteiger partial charge in [0.1, 0.15) is 0 Å². The molecule has 1 saturated carbocycles. The summed E-state index contributed by atoms with van der Waals surface area (Å²) in [6.45, 7) is 5.99. The number of hydrogen-bond donors (Lipinski definition) is 1. The second-order valence-electron chi connectivity index (χ2n) is 7.12. The molecule has 2 aromatic carbocycles. The number of rotatable bonds is 7. The highest BCUT2D eigenvalue weighted by Crippen LogP contribution is 2.37. The van der Waals surface area contributed by atoms with Crippen LogP contribution in [0.15, 0.2) is 77.0 Å². The van der Waals surface area contributed by atoms with Crippen LogP contribution in [0.4, 0.5) is 0 Å². The number of sulfonamides is 1.